The molecule has 6 heteroatoms. The van der Waals surface area contributed by atoms with Crippen molar-refractivity contribution >= 4 is 23.7 Å². The molecule has 184 valence electrons. The Morgan fingerprint density at radius 3 is 2.91 bits per heavy atom. The summed E-state index contributed by atoms with van der Waals surface area (Å²) in [4.78, 5) is 0. The van der Waals surface area contributed by atoms with E-state index in [0.29, 0.717) is 30.4 Å². The van der Waals surface area contributed by atoms with Crippen molar-refractivity contribution < 1.29 is 14.6 Å². The molecular weight excluding hydrogens is 444 g/mol. The van der Waals surface area contributed by atoms with Crippen molar-refractivity contribution in [3.63, 3.8) is 0 Å². The van der Waals surface area contributed by atoms with Crippen molar-refractivity contribution in [2.75, 3.05) is 19.5 Å². The minimum Gasteiger partial charge on any atom is -0.490 e. The van der Waals surface area contributed by atoms with Gasteiger partial charge in [0.05, 0.1) is 12.7 Å². The van der Waals surface area contributed by atoms with E-state index in [-0.39, 0.29) is 34.5 Å². The summed E-state index contributed by atoms with van der Waals surface area (Å²) in [5, 5.41) is 28.0. The molecule has 2 fully saturated rings. The summed E-state index contributed by atoms with van der Waals surface area (Å²) in [6.45, 7) is 6.42. The van der Waals surface area contributed by atoms with Gasteiger partial charge in [-0.3, -0.25) is 0 Å². The maximum absolute atomic E-state index is 10.9. The van der Waals surface area contributed by atoms with Gasteiger partial charge in [0.25, 0.3) is 0 Å². The molecule has 3 N–H and O–H groups in total. The van der Waals surface area contributed by atoms with Crippen molar-refractivity contribution in [1.29, 1.82) is 10.8 Å². The average molecular weight is 483 g/mol. The molecule has 0 amide bonds. The van der Waals surface area contributed by atoms with Gasteiger partial charge < -0.3 is 25.4 Å². The third kappa shape index (κ3) is 5.21. The quantitative estimate of drug-likeness (QED) is 0.211. The van der Waals surface area contributed by atoms with Crippen LogP contribution >= 0.6 is 11.8 Å². The van der Waals surface area contributed by atoms with Crippen LogP contribution in [0.1, 0.15) is 39.0 Å². The number of hydrogen-bond donors (Lipinski definition) is 3. The van der Waals surface area contributed by atoms with E-state index in [2.05, 4.69) is 42.7 Å². The number of aliphatic hydroxyl groups is 1. The van der Waals surface area contributed by atoms with Crippen LogP contribution in [0.4, 0.5) is 0 Å². The first-order valence-corrected chi connectivity index (χ1v) is 13.5. The van der Waals surface area contributed by atoms with Crippen LogP contribution in [0.2, 0.25) is 0 Å². The number of hydrogen-bond acceptors (Lipinski definition) is 6. The van der Waals surface area contributed by atoms with E-state index in [4.69, 9.17) is 20.3 Å². The molecule has 4 rings (SSSR count). The van der Waals surface area contributed by atoms with Gasteiger partial charge >= 0.3 is 0 Å². The second kappa shape index (κ2) is 10.8. The highest BCUT2D eigenvalue weighted by molar-refractivity contribution is 8.01. The third-order valence-electron chi connectivity index (χ3n) is 7.86. The molecule has 0 spiro atoms. The van der Waals surface area contributed by atoms with Gasteiger partial charge in [-0.2, -0.15) is 0 Å². The van der Waals surface area contributed by atoms with Crippen LogP contribution in [0, 0.1) is 39.9 Å². The molecule has 0 bridgehead atoms. The zero-order chi connectivity index (χ0) is 24.3. The van der Waals surface area contributed by atoms with E-state index in [1.807, 2.05) is 6.92 Å². The highest BCUT2D eigenvalue weighted by Crippen LogP contribution is 2.60. The van der Waals surface area contributed by atoms with Crippen LogP contribution < -0.4 is 0 Å². The van der Waals surface area contributed by atoms with Crippen LogP contribution in [-0.2, 0) is 9.47 Å². The Labute approximate surface area is 208 Å². The Hall–Kier alpha value is -1.85. The Kier molecular flexibility index (Phi) is 8.04. The van der Waals surface area contributed by atoms with E-state index >= 15 is 0 Å². The lowest BCUT2D eigenvalue weighted by atomic mass is 9.75. The fraction of sp³-hybridized carbons (Fsp3) is 0.607. The molecule has 5 nitrogen and oxygen atoms in total. The monoisotopic (exact) mass is 482 g/mol. The zero-order valence-corrected chi connectivity index (χ0v) is 21.2. The van der Waals surface area contributed by atoms with Crippen LogP contribution in [0.25, 0.3) is 0 Å². The SMILES string of the molecule is C=C=C(C(C)COC)C(C=N)C1C(O)CSC1C(=N)CC12C=CC(OC3CC=CCC3)=CC1C2. The summed E-state index contributed by atoms with van der Waals surface area (Å²) in [7, 11) is 1.66. The molecule has 0 aromatic carbocycles. The number of rotatable bonds is 11. The first-order valence-electron chi connectivity index (χ1n) is 12.4. The van der Waals surface area contributed by atoms with Gasteiger partial charge in [-0.1, -0.05) is 31.7 Å². The van der Waals surface area contributed by atoms with Crippen molar-refractivity contribution in [3.8, 4) is 0 Å². The molecule has 8 atom stereocenters. The summed E-state index contributed by atoms with van der Waals surface area (Å²) < 4.78 is 11.5. The summed E-state index contributed by atoms with van der Waals surface area (Å²) >= 11 is 1.65. The average Bonchev–Trinajstić information content (AvgIpc) is 3.40. The first-order chi connectivity index (χ1) is 16.4. The minimum atomic E-state index is -0.557. The molecule has 1 saturated heterocycles. The number of allylic oxidation sites excluding steroid dienone is 4. The van der Waals surface area contributed by atoms with E-state index in [1.165, 1.54) is 6.21 Å². The molecule has 4 aliphatic rings. The Balaban J connectivity index is 1.42. The van der Waals surface area contributed by atoms with Crippen LogP contribution in [0.3, 0.4) is 0 Å². The Bertz CT molecular complexity index is 934. The van der Waals surface area contributed by atoms with Crippen molar-refractivity contribution in [2.24, 2.45) is 29.1 Å². The van der Waals surface area contributed by atoms with E-state index in [0.717, 1.165) is 37.0 Å². The predicted molar refractivity (Wildman–Crippen MR) is 140 cm³/mol. The van der Waals surface area contributed by atoms with Gasteiger partial charge in [0.1, 0.15) is 11.9 Å². The lowest BCUT2D eigenvalue weighted by Gasteiger charge is -2.32. The molecule has 1 aliphatic heterocycles. The largest absolute Gasteiger partial charge is 0.490 e. The molecule has 0 radical (unpaired) electrons. The number of ether oxygens (including phenoxy) is 2. The normalized spacial score (nSPS) is 35.5. The molecule has 3 aliphatic carbocycles. The fourth-order valence-electron chi connectivity index (χ4n) is 5.89. The molecule has 0 aromatic rings. The van der Waals surface area contributed by atoms with Crippen molar-refractivity contribution in [2.45, 2.75) is 56.5 Å². The summed E-state index contributed by atoms with van der Waals surface area (Å²) in [5.41, 5.74) is 4.61. The lowest BCUT2D eigenvalue weighted by molar-refractivity contribution is 0.115. The van der Waals surface area contributed by atoms with Crippen LogP contribution in [-0.4, -0.2) is 54.0 Å². The number of methoxy groups -OCH3 is 1. The molecule has 1 heterocycles. The lowest BCUT2D eigenvalue weighted by Crippen LogP contribution is -2.38. The smallest absolute Gasteiger partial charge is 0.115 e. The minimum absolute atomic E-state index is 0.00961. The van der Waals surface area contributed by atoms with Gasteiger partial charge in [-0.15, -0.1) is 17.5 Å². The molecule has 1 saturated carbocycles. The van der Waals surface area contributed by atoms with Crippen molar-refractivity contribution in [1.82, 2.24) is 0 Å². The van der Waals surface area contributed by atoms with Crippen molar-refractivity contribution in [3.05, 3.63) is 54.0 Å². The third-order valence-corrected chi connectivity index (χ3v) is 9.35. The Morgan fingerprint density at radius 1 is 1.44 bits per heavy atom. The molecule has 8 unspecified atom stereocenters. The summed E-state index contributed by atoms with van der Waals surface area (Å²) in [6.07, 6.45) is 17.0. The second-order valence-corrected chi connectivity index (χ2v) is 11.4. The predicted octanol–water partition coefficient (Wildman–Crippen LogP) is 5.33. The first kappa shape index (κ1) is 25.2. The van der Waals surface area contributed by atoms with E-state index < -0.39 is 6.10 Å². The van der Waals surface area contributed by atoms with E-state index in [1.54, 1.807) is 18.9 Å². The van der Waals surface area contributed by atoms with Gasteiger partial charge in [0.2, 0.25) is 0 Å². The zero-order valence-electron chi connectivity index (χ0n) is 20.3. The number of aliphatic hydroxyl groups excluding tert-OH is 1. The molecular formula is C28H38N2O3S. The maximum Gasteiger partial charge on any atom is 0.115 e. The second-order valence-electron chi connectivity index (χ2n) is 10.3. The summed E-state index contributed by atoms with van der Waals surface area (Å²) in [6, 6.07) is 0. The topological polar surface area (TPSA) is 86.4 Å². The Morgan fingerprint density at radius 2 is 2.26 bits per heavy atom. The van der Waals surface area contributed by atoms with Gasteiger partial charge in [0, 0.05) is 59.6 Å². The van der Waals surface area contributed by atoms with Crippen LogP contribution in [0.5, 0.6) is 0 Å². The number of nitrogens with one attached hydrogen (secondary N) is 2. The molecule has 0 aromatic heterocycles. The molecule has 34 heavy (non-hydrogen) atoms. The van der Waals surface area contributed by atoms with Gasteiger partial charge in [-0.05, 0) is 49.3 Å². The number of fused-ring (bicyclic) bond motifs is 1. The van der Waals surface area contributed by atoms with Gasteiger partial charge in [-0.25, -0.2) is 0 Å². The van der Waals surface area contributed by atoms with E-state index in [9.17, 15) is 5.11 Å². The summed E-state index contributed by atoms with van der Waals surface area (Å²) in [5.74, 6) is 1.53. The highest BCUT2D eigenvalue weighted by atomic mass is 32.2. The number of thioether (sulfide) groups is 1. The fourth-order valence-corrected chi connectivity index (χ4v) is 7.37. The highest BCUT2D eigenvalue weighted by Gasteiger charge is 2.54. The maximum atomic E-state index is 10.9. The van der Waals surface area contributed by atoms with Gasteiger partial charge in [0.15, 0.2) is 0 Å². The standard InChI is InChI=1S/C28H38N2O3S/c1-4-22(18(2)16-32-3)23(15-29)26-25(31)17-34-27(26)24(30)14-28-11-10-21(12-19(28)13-28)33-20-8-6-5-7-9-20/h5-6,10-12,15,18-20,23,25-27,29-31H,1,7-9,13-14,16-17H2,2-3H3. The van der Waals surface area contributed by atoms with Crippen LogP contribution in [0.15, 0.2) is 54.0 Å².